The number of carbonyl (C=O) groups excluding carboxylic acids is 1. The molecular formula is C21H23FN4O2. The molecule has 3 aromatic rings. The van der Waals surface area contributed by atoms with E-state index in [0.717, 1.165) is 36.4 Å². The van der Waals surface area contributed by atoms with Crippen LogP contribution in [0.2, 0.25) is 0 Å². The van der Waals surface area contributed by atoms with E-state index in [1.54, 1.807) is 17.2 Å². The smallest absolute Gasteiger partial charge is 0.253 e. The van der Waals surface area contributed by atoms with Crippen molar-refractivity contribution in [3.8, 4) is 5.75 Å². The van der Waals surface area contributed by atoms with E-state index >= 15 is 0 Å². The molecule has 0 N–H and O–H groups in total. The zero-order chi connectivity index (χ0) is 19.7. The number of aryl methyl sites for hydroxylation is 1. The second-order valence-electron chi connectivity index (χ2n) is 7.05. The quantitative estimate of drug-likeness (QED) is 0.676. The summed E-state index contributed by atoms with van der Waals surface area (Å²) in [6.45, 7) is 4.16. The molecule has 0 aliphatic carbocycles. The molecule has 28 heavy (non-hydrogen) atoms. The topological polar surface area (TPSA) is 60.2 Å². The lowest BCUT2D eigenvalue weighted by Crippen LogP contribution is -2.28. The van der Waals surface area contributed by atoms with E-state index in [1.807, 2.05) is 12.1 Å². The van der Waals surface area contributed by atoms with Crippen LogP contribution in [0, 0.1) is 5.82 Å². The molecule has 1 saturated heterocycles. The van der Waals surface area contributed by atoms with Crippen LogP contribution in [0.5, 0.6) is 5.75 Å². The van der Waals surface area contributed by atoms with Crippen molar-refractivity contribution in [2.24, 2.45) is 0 Å². The maximum atomic E-state index is 14.0. The zero-order valence-corrected chi connectivity index (χ0v) is 16.1. The van der Waals surface area contributed by atoms with Gasteiger partial charge in [0.2, 0.25) is 0 Å². The molecule has 1 amide bonds. The molecule has 4 rings (SSSR count). The summed E-state index contributed by atoms with van der Waals surface area (Å²) in [6.07, 6.45) is 3.59. The lowest BCUT2D eigenvalue weighted by Gasteiger charge is -2.17. The second kappa shape index (κ2) is 7.58. The zero-order valence-electron chi connectivity index (χ0n) is 16.1. The van der Waals surface area contributed by atoms with E-state index in [0.29, 0.717) is 18.7 Å². The Balaban J connectivity index is 1.57. The number of aromatic nitrogens is 3. The molecule has 1 atom stereocenters. The van der Waals surface area contributed by atoms with Crippen LogP contribution in [-0.2, 0) is 6.54 Å². The van der Waals surface area contributed by atoms with Gasteiger partial charge in [-0.15, -0.1) is 0 Å². The summed E-state index contributed by atoms with van der Waals surface area (Å²) in [4.78, 5) is 23.9. The second-order valence-corrected chi connectivity index (χ2v) is 7.05. The molecular weight excluding hydrogens is 359 g/mol. The standard InChI is InChI=1S/C21H23FN4O2/c1-3-10-26-19(24-17-5-4-9-23-20(17)26)15-8-11-25(13-15)21(27)14-6-7-18(28-2)16(22)12-14/h4-7,9,12,15H,3,8,10-11,13H2,1-2H3. The van der Waals surface area contributed by atoms with Gasteiger partial charge in [-0.05, 0) is 43.2 Å². The molecule has 0 bridgehead atoms. The predicted octanol–water partition coefficient (Wildman–Crippen LogP) is 3.62. The highest BCUT2D eigenvalue weighted by Crippen LogP contribution is 2.30. The summed E-state index contributed by atoms with van der Waals surface area (Å²) >= 11 is 0. The van der Waals surface area contributed by atoms with Crippen molar-refractivity contribution in [1.82, 2.24) is 19.4 Å². The number of halogens is 1. The lowest BCUT2D eigenvalue weighted by atomic mass is 10.1. The fourth-order valence-corrected chi connectivity index (χ4v) is 3.87. The van der Waals surface area contributed by atoms with E-state index in [2.05, 4.69) is 16.5 Å². The Hall–Kier alpha value is -2.96. The molecule has 146 valence electrons. The van der Waals surface area contributed by atoms with Crippen molar-refractivity contribution in [3.05, 3.63) is 53.7 Å². The molecule has 0 radical (unpaired) electrons. The number of imidazole rings is 1. The maximum absolute atomic E-state index is 14.0. The third kappa shape index (κ3) is 3.21. The van der Waals surface area contributed by atoms with Gasteiger partial charge >= 0.3 is 0 Å². The molecule has 1 fully saturated rings. The van der Waals surface area contributed by atoms with E-state index < -0.39 is 5.82 Å². The average molecular weight is 382 g/mol. The van der Waals surface area contributed by atoms with Crippen LogP contribution < -0.4 is 4.74 Å². The first-order valence-electron chi connectivity index (χ1n) is 9.56. The molecule has 6 nitrogen and oxygen atoms in total. The molecule has 7 heteroatoms. The van der Waals surface area contributed by atoms with Crippen molar-refractivity contribution in [2.45, 2.75) is 32.2 Å². The number of rotatable bonds is 5. The number of carbonyl (C=O) groups is 1. The van der Waals surface area contributed by atoms with Crippen LogP contribution in [0.3, 0.4) is 0 Å². The molecule has 0 spiro atoms. The molecule has 1 aliphatic heterocycles. The highest BCUT2D eigenvalue weighted by molar-refractivity contribution is 5.94. The average Bonchev–Trinajstić information content (AvgIpc) is 3.33. The maximum Gasteiger partial charge on any atom is 0.253 e. The molecule has 2 aromatic heterocycles. The van der Waals surface area contributed by atoms with Gasteiger partial charge < -0.3 is 14.2 Å². The number of pyridine rings is 1. The van der Waals surface area contributed by atoms with Gasteiger partial charge in [0.15, 0.2) is 17.2 Å². The van der Waals surface area contributed by atoms with E-state index in [4.69, 9.17) is 9.72 Å². The van der Waals surface area contributed by atoms with E-state index in [1.165, 1.54) is 19.2 Å². The summed E-state index contributed by atoms with van der Waals surface area (Å²) in [6, 6.07) is 8.19. The first-order chi connectivity index (χ1) is 13.6. The van der Waals surface area contributed by atoms with Crippen molar-refractivity contribution in [2.75, 3.05) is 20.2 Å². The van der Waals surface area contributed by atoms with Gasteiger partial charge in [-0.25, -0.2) is 14.4 Å². The van der Waals surface area contributed by atoms with E-state index in [-0.39, 0.29) is 17.6 Å². The van der Waals surface area contributed by atoms with Crippen molar-refractivity contribution < 1.29 is 13.9 Å². The highest BCUT2D eigenvalue weighted by Gasteiger charge is 2.31. The van der Waals surface area contributed by atoms with Gasteiger partial charge in [0.05, 0.1) is 7.11 Å². The summed E-state index contributed by atoms with van der Waals surface area (Å²) in [5, 5.41) is 0. The van der Waals surface area contributed by atoms with Crippen LogP contribution in [0.15, 0.2) is 36.5 Å². The fraction of sp³-hybridized carbons (Fsp3) is 0.381. The number of ether oxygens (including phenoxy) is 1. The first kappa shape index (κ1) is 18.4. The Labute approximate surface area is 163 Å². The normalized spacial score (nSPS) is 16.7. The first-order valence-corrected chi connectivity index (χ1v) is 9.56. The van der Waals surface area contributed by atoms with Gasteiger partial charge in [0, 0.05) is 37.3 Å². The Morgan fingerprint density at radius 1 is 1.36 bits per heavy atom. The van der Waals surface area contributed by atoms with Crippen molar-refractivity contribution >= 4 is 17.1 Å². The van der Waals surface area contributed by atoms with Gasteiger partial charge in [-0.2, -0.15) is 0 Å². The summed E-state index contributed by atoms with van der Waals surface area (Å²) in [7, 11) is 1.40. The molecule has 1 aliphatic rings. The van der Waals surface area contributed by atoms with Crippen LogP contribution in [0.4, 0.5) is 4.39 Å². The minimum atomic E-state index is -0.528. The number of nitrogens with zero attached hydrogens (tertiary/aromatic N) is 4. The van der Waals surface area contributed by atoms with Crippen LogP contribution in [0.1, 0.15) is 41.9 Å². The van der Waals surface area contributed by atoms with Gasteiger partial charge in [-0.3, -0.25) is 4.79 Å². The molecule has 1 unspecified atom stereocenters. The van der Waals surface area contributed by atoms with Crippen molar-refractivity contribution in [3.63, 3.8) is 0 Å². The number of methoxy groups -OCH3 is 1. The van der Waals surface area contributed by atoms with Crippen LogP contribution in [0.25, 0.3) is 11.2 Å². The van der Waals surface area contributed by atoms with Gasteiger partial charge in [0.1, 0.15) is 11.3 Å². The van der Waals surface area contributed by atoms with Crippen molar-refractivity contribution in [1.29, 1.82) is 0 Å². The number of hydrogen-bond donors (Lipinski definition) is 0. The Morgan fingerprint density at radius 2 is 2.21 bits per heavy atom. The van der Waals surface area contributed by atoms with E-state index in [9.17, 15) is 9.18 Å². The summed E-state index contributed by atoms with van der Waals surface area (Å²) in [5.74, 6) is 0.566. The number of likely N-dealkylation sites (tertiary alicyclic amines) is 1. The van der Waals surface area contributed by atoms with Gasteiger partial charge in [-0.1, -0.05) is 6.92 Å². The lowest BCUT2D eigenvalue weighted by molar-refractivity contribution is 0.0790. The number of fused-ring (bicyclic) bond motifs is 1. The highest BCUT2D eigenvalue weighted by atomic mass is 19.1. The Kier molecular flexibility index (Phi) is 4.98. The molecule has 3 heterocycles. The van der Waals surface area contributed by atoms with Gasteiger partial charge in [0.25, 0.3) is 5.91 Å². The number of benzene rings is 1. The minimum Gasteiger partial charge on any atom is -0.494 e. The Bertz CT molecular complexity index is 1020. The predicted molar refractivity (Wildman–Crippen MR) is 104 cm³/mol. The summed E-state index contributed by atoms with van der Waals surface area (Å²) in [5.41, 5.74) is 2.11. The Morgan fingerprint density at radius 3 is 2.96 bits per heavy atom. The summed E-state index contributed by atoms with van der Waals surface area (Å²) < 4.78 is 21.1. The fourth-order valence-electron chi connectivity index (χ4n) is 3.87. The van der Waals surface area contributed by atoms with Crippen LogP contribution in [-0.4, -0.2) is 45.5 Å². The number of amides is 1. The minimum absolute atomic E-state index is 0.136. The largest absolute Gasteiger partial charge is 0.494 e. The number of hydrogen-bond acceptors (Lipinski definition) is 4. The third-order valence-electron chi connectivity index (χ3n) is 5.22. The SMILES string of the molecule is CCCn1c(C2CCN(C(=O)c3ccc(OC)c(F)c3)C2)nc2cccnc21. The third-order valence-corrected chi connectivity index (χ3v) is 5.22. The van der Waals surface area contributed by atoms with Crippen LogP contribution >= 0.6 is 0 Å². The monoisotopic (exact) mass is 382 g/mol. The molecule has 1 aromatic carbocycles. The molecule has 0 saturated carbocycles.